The molecule has 3 rings (SSSR count). The van der Waals surface area contributed by atoms with Crippen molar-refractivity contribution in [3.63, 3.8) is 0 Å². The van der Waals surface area contributed by atoms with E-state index in [1.165, 1.54) is 21.8 Å². The minimum absolute atomic E-state index is 0.177. The van der Waals surface area contributed by atoms with Gasteiger partial charge in [0.25, 0.3) is 5.56 Å². The number of aryl methyl sites for hydroxylation is 1. The monoisotopic (exact) mass is 318 g/mol. The molecule has 0 spiro atoms. The fraction of sp³-hybridized carbons (Fsp3) is 0.500. The Labute approximate surface area is 131 Å². The van der Waals surface area contributed by atoms with E-state index in [1.807, 2.05) is 0 Å². The second kappa shape index (κ2) is 6.19. The highest BCUT2D eigenvalue weighted by atomic mass is 16.2. The number of hydrogen-bond acceptors (Lipinski definition) is 5. The Hall–Kier alpha value is -2.71. The summed E-state index contributed by atoms with van der Waals surface area (Å²) < 4.78 is 2.71. The van der Waals surface area contributed by atoms with Crippen LogP contribution in [0.2, 0.25) is 0 Å². The smallest absolute Gasteiger partial charge is 0.264 e. The van der Waals surface area contributed by atoms with Gasteiger partial charge in [-0.25, -0.2) is 4.98 Å². The van der Waals surface area contributed by atoms with Crippen molar-refractivity contribution in [3.8, 4) is 0 Å². The van der Waals surface area contributed by atoms with Gasteiger partial charge in [-0.1, -0.05) is 0 Å². The summed E-state index contributed by atoms with van der Waals surface area (Å²) in [6, 6.07) is -0.546. The molecule has 2 aromatic rings. The maximum Gasteiger partial charge on any atom is 0.264 e. The second-order valence-corrected chi connectivity index (χ2v) is 5.59. The van der Waals surface area contributed by atoms with Gasteiger partial charge in [-0.15, -0.1) is 0 Å². The maximum atomic E-state index is 12.3. The lowest BCUT2D eigenvalue weighted by atomic mass is 10.1. The van der Waals surface area contributed by atoms with Gasteiger partial charge in [-0.3, -0.25) is 23.6 Å². The van der Waals surface area contributed by atoms with Crippen molar-refractivity contribution in [3.05, 3.63) is 22.9 Å². The summed E-state index contributed by atoms with van der Waals surface area (Å²) >= 11 is 0. The van der Waals surface area contributed by atoms with E-state index in [1.54, 1.807) is 7.05 Å². The SMILES string of the molecule is Cn1ncc2c(=O)n(CC(=O)N[C@@H]3CCCCNC3=O)cnc21. The molecule has 122 valence electrons. The lowest BCUT2D eigenvalue weighted by Gasteiger charge is -2.15. The van der Waals surface area contributed by atoms with Gasteiger partial charge in [0.15, 0.2) is 5.65 Å². The Kier molecular flexibility index (Phi) is 4.09. The molecule has 0 aliphatic carbocycles. The average Bonchev–Trinajstić information content (AvgIpc) is 2.78. The Morgan fingerprint density at radius 3 is 3.09 bits per heavy atom. The van der Waals surface area contributed by atoms with Crippen LogP contribution in [0.5, 0.6) is 0 Å². The molecular formula is C14H18N6O3. The van der Waals surface area contributed by atoms with E-state index in [4.69, 9.17) is 0 Å². The zero-order valence-corrected chi connectivity index (χ0v) is 12.8. The molecule has 3 heterocycles. The number of fused-ring (bicyclic) bond motifs is 1. The van der Waals surface area contributed by atoms with Gasteiger partial charge < -0.3 is 10.6 Å². The summed E-state index contributed by atoms with van der Waals surface area (Å²) in [6.07, 6.45) is 5.12. The summed E-state index contributed by atoms with van der Waals surface area (Å²) in [5, 5.41) is 9.77. The summed E-state index contributed by atoms with van der Waals surface area (Å²) in [5.41, 5.74) is 0.137. The van der Waals surface area contributed by atoms with Crippen LogP contribution in [-0.2, 0) is 23.2 Å². The predicted molar refractivity (Wildman–Crippen MR) is 81.6 cm³/mol. The molecule has 1 atom stereocenters. The van der Waals surface area contributed by atoms with Gasteiger partial charge in [0.2, 0.25) is 11.8 Å². The number of aromatic nitrogens is 4. The molecule has 2 N–H and O–H groups in total. The highest BCUT2D eigenvalue weighted by molar-refractivity contribution is 5.87. The van der Waals surface area contributed by atoms with Crippen LogP contribution in [0.4, 0.5) is 0 Å². The van der Waals surface area contributed by atoms with Gasteiger partial charge in [-0.2, -0.15) is 5.10 Å². The van der Waals surface area contributed by atoms with Crippen LogP contribution in [0.3, 0.4) is 0 Å². The molecule has 9 heteroatoms. The molecule has 2 aromatic heterocycles. The first-order chi connectivity index (χ1) is 11.1. The first-order valence-corrected chi connectivity index (χ1v) is 7.50. The molecule has 2 amide bonds. The lowest BCUT2D eigenvalue weighted by Crippen LogP contribution is -2.47. The first-order valence-electron chi connectivity index (χ1n) is 7.50. The minimum Gasteiger partial charge on any atom is -0.354 e. The van der Waals surface area contributed by atoms with Crippen LogP contribution in [0.1, 0.15) is 19.3 Å². The molecular weight excluding hydrogens is 300 g/mol. The third-order valence-electron chi connectivity index (χ3n) is 3.90. The highest BCUT2D eigenvalue weighted by Crippen LogP contribution is 2.06. The van der Waals surface area contributed by atoms with Crippen molar-refractivity contribution in [2.75, 3.05) is 6.54 Å². The molecule has 0 saturated carbocycles. The van der Waals surface area contributed by atoms with Crippen molar-refractivity contribution in [2.24, 2.45) is 7.05 Å². The van der Waals surface area contributed by atoms with Gasteiger partial charge in [-0.05, 0) is 19.3 Å². The number of hydrogen-bond donors (Lipinski definition) is 2. The van der Waals surface area contributed by atoms with E-state index < -0.39 is 6.04 Å². The second-order valence-electron chi connectivity index (χ2n) is 5.59. The normalized spacial score (nSPS) is 18.5. The third kappa shape index (κ3) is 3.08. The van der Waals surface area contributed by atoms with Crippen molar-refractivity contribution < 1.29 is 9.59 Å². The average molecular weight is 318 g/mol. The number of nitrogens with one attached hydrogen (secondary N) is 2. The van der Waals surface area contributed by atoms with E-state index in [0.717, 1.165) is 12.8 Å². The quantitative estimate of drug-likeness (QED) is 0.747. The number of carbonyl (C=O) groups is 2. The maximum absolute atomic E-state index is 12.3. The topological polar surface area (TPSA) is 111 Å². The van der Waals surface area contributed by atoms with Gasteiger partial charge >= 0.3 is 0 Å². The molecule has 0 aromatic carbocycles. The van der Waals surface area contributed by atoms with E-state index in [9.17, 15) is 14.4 Å². The molecule has 0 bridgehead atoms. The van der Waals surface area contributed by atoms with Gasteiger partial charge in [0.05, 0.1) is 6.20 Å². The number of amides is 2. The van der Waals surface area contributed by atoms with E-state index >= 15 is 0 Å². The number of rotatable bonds is 3. The third-order valence-corrected chi connectivity index (χ3v) is 3.90. The molecule has 23 heavy (non-hydrogen) atoms. The number of nitrogens with zero attached hydrogens (tertiary/aromatic N) is 4. The Bertz CT molecular complexity index is 808. The van der Waals surface area contributed by atoms with E-state index in [2.05, 4.69) is 20.7 Å². The summed E-state index contributed by atoms with van der Waals surface area (Å²) in [7, 11) is 1.69. The molecule has 0 radical (unpaired) electrons. The van der Waals surface area contributed by atoms with Crippen LogP contribution in [-0.4, -0.2) is 43.7 Å². The van der Waals surface area contributed by atoms with Crippen molar-refractivity contribution in [1.82, 2.24) is 30.0 Å². The standard InChI is InChI=1S/C14H18N6O3/c1-19-12-9(6-17-19)14(23)20(8-16-12)7-11(21)18-10-4-2-3-5-15-13(10)22/h6,8,10H,2-5,7H2,1H3,(H,15,22)(H,18,21)/t10-/m1/s1. The van der Waals surface area contributed by atoms with E-state index in [-0.39, 0.29) is 23.9 Å². The summed E-state index contributed by atoms with van der Waals surface area (Å²) in [4.78, 5) is 40.4. The van der Waals surface area contributed by atoms with Crippen LogP contribution in [0.15, 0.2) is 17.3 Å². The molecule has 1 fully saturated rings. The van der Waals surface area contributed by atoms with Crippen LogP contribution < -0.4 is 16.2 Å². The Morgan fingerprint density at radius 1 is 1.43 bits per heavy atom. The fourth-order valence-corrected chi connectivity index (χ4v) is 2.65. The van der Waals surface area contributed by atoms with Crippen LogP contribution in [0.25, 0.3) is 11.0 Å². The fourth-order valence-electron chi connectivity index (χ4n) is 2.65. The van der Waals surface area contributed by atoms with Crippen LogP contribution in [0, 0.1) is 0 Å². The highest BCUT2D eigenvalue weighted by Gasteiger charge is 2.22. The van der Waals surface area contributed by atoms with Crippen molar-refractivity contribution in [1.29, 1.82) is 0 Å². The van der Waals surface area contributed by atoms with Crippen molar-refractivity contribution in [2.45, 2.75) is 31.8 Å². The zero-order chi connectivity index (χ0) is 16.4. The Balaban J connectivity index is 1.74. The predicted octanol–water partition coefficient (Wildman–Crippen LogP) is -1.09. The summed E-state index contributed by atoms with van der Waals surface area (Å²) in [6.45, 7) is 0.451. The number of carbonyl (C=O) groups excluding carboxylic acids is 2. The van der Waals surface area contributed by atoms with Gasteiger partial charge in [0.1, 0.15) is 24.3 Å². The zero-order valence-electron chi connectivity index (χ0n) is 12.8. The van der Waals surface area contributed by atoms with Gasteiger partial charge in [0, 0.05) is 13.6 Å². The minimum atomic E-state index is -0.546. The first kappa shape index (κ1) is 15.2. The molecule has 0 unspecified atom stereocenters. The molecule has 1 aliphatic heterocycles. The van der Waals surface area contributed by atoms with E-state index in [0.29, 0.717) is 24.0 Å². The largest absolute Gasteiger partial charge is 0.354 e. The van der Waals surface area contributed by atoms with Crippen LogP contribution >= 0.6 is 0 Å². The Morgan fingerprint density at radius 2 is 2.26 bits per heavy atom. The molecule has 9 nitrogen and oxygen atoms in total. The molecule has 1 aliphatic rings. The van der Waals surface area contributed by atoms with Crippen molar-refractivity contribution >= 4 is 22.8 Å². The lowest BCUT2D eigenvalue weighted by molar-refractivity contribution is -0.129. The molecule has 1 saturated heterocycles. The summed E-state index contributed by atoms with van der Waals surface area (Å²) in [5.74, 6) is -0.566.